The molecule has 37 heavy (non-hydrogen) atoms. The third kappa shape index (κ3) is 4.56. The molecule has 0 atom stereocenters. The molecule has 6 heteroatoms. The number of nitrogens with one attached hydrogen (secondary N) is 1. The molecule has 2 saturated heterocycles. The van der Waals surface area contributed by atoms with Gasteiger partial charge in [-0.3, -0.25) is 4.79 Å². The lowest BCUT2D eigenvalue weighted by atomic mass is 9.88. The molecule has 4 heterocycles. The molecule has 0 amide bonds. The van der Waals surface area contributed by atoms with E-state index in [0.717, 1.165) is 83.6 Å². The van der Waals surface area contributed by atoms with Crippen LogP contribution in [0.2, 0.25) is 0 Å². The molecular weight excluding hydrogens is 460 g/mol. The van der Waals surface area contributed by atoms with E-state index in [2.05, 4.69) is 46.1 Å². The van der Waals surface area contributed by atoms with Crippen molar-refractivity contribution in [1.82, 2.24) is 19.8 Å². The van der Waals surface area contributed by atoms with E-state index in [1.807, 2.05) is 43.7 Å². The molecule has 1 N–H and O–H groups in total. The van der Waals surface area contributed by atoms with Crippen molar-refractivity contribution in [1.29, 1.82) is 0 Å². The van der Waals surface area contributed by atoms with Gasteiger partial charge in [-0.05, 0) is 74.8 Å². The van der Waals surface area contributed by atoms with Crippen LogP contribution in [-0.2, 0) is 0 Å². The van der Waals surface area contributed by atoms with Gasteiger partial charge < -0.3 is 19.5 Å². The van der Waals surface area contributed by atoms with Gasteiger partial charge in [-0.15, -0.1) is 0 Å². The van der Waals surface area contributed by atoms with Gasteiger partial charge in [0.1, 0.15) is 11.4 Å². The zero-order chi connectivity index (χ0) is 25.5. The van der Waals surface area contributed by atoms with Crippen LogP contribution in [0.25, 0.3) is 33.3 Å². The van der Waals surface area contributed by atoms with Gasteiger partial charge in [0.2, 0.25) is 0 Å². The Morgan fingerprint density at radius 3 is 2.38 bits per heavy atom. The lowest BCUT2D eigenvalue weighted by molar-refractivity contribution is 0.0702. The van der Waals surface area contributed by atoms with Crippen LogP contribution in [0.3, 0.4) is 0 Å². The maximum absolute atomic E-state index is 12.7. The minimum atomic E-state index is 0.124. The van der Waals surface area contributed by atoms with Crippen LogP contribution >= 0.6 is 0 Å². The van der Waals surface area contributed by atoms with Crippen LogP contribution in [0.15, 0.2) is 60.9 Å². The lowest BCUT2D eigenvalue weighted by Gasteiger charge is -2.34. The molecule has 6 nitrogen and oxygen atoms in total. The maximum Gasteiger partial charge on any atom is 0.168 e. The van der Waals surface area contributed by atoms with E-state index < -0.39 is 0 Å². The number of pyridine rings is 1. The molecule has 0 aliphatic carbocycles. The number of hydrogen-bond donors (Lipinski definition) is 1. The molecular formula is C31H34N4O2. The van der Waals surface area contributed by atoms with Crippen LogP contribution in [0.4, 0.5) is 0 Å². The molecule has 190 valence electrons. The van der Waals surface area contributed by atoms with Crippen LogP contribution in [-0.4, -0.2) is 72.9 Å². The van der Waals surface area contributed by atoms with Crippen molar-refractivity contribution in [3.8, 4) is 28.0 Å². The highest BCUT2D eigenvalue weighted by atomic mass is 16.5. The van der Waals surface area contributed by atoms with Crippen LogP contribution in [0.1, 0.15) is 34.7 Å². The molecule has 0 radical (unpaired) electrons. The van der Waals surface area contributed by atoms with Crippen molar-refractivity contribution in [2.75, 3.05) is 47.4 Å². The number of hydrogen-bond acceptors (Lipinski definition) is 5. The zero-order valence-electron chi connectivity index (χ0n) is 21.8. The van der Waals surface area contributed by atoms with E-state index >= 15 is 0 Å². The van der Waals surface area contributed by atoms with E-state index in [1.54, 1.807) is 7.11 Å². The number of Topliss-reactive ketones (excluding diaryl/α,β-unsaturated/α-hetero) is 1. The molecule has 2 aliphatic heterocycles. The van der Waals surface area contributed by atoms with Crippen molar-refractivity contribution in [2.24, 2.45) is 5.92 Å². The summed E-state index contributed by atoms with van der Waals surface area (Å²) in [5.74, 6) is 1.86. The Morgan fingerprint density at radius 1 is 0.946 bits per heavy atom. The monoisotopic (exact) mass is 494 g/mol. The van der Waals surface area contributed by atoms with E-state index in [4.69, 9.17) is 9.72 Å². The summed E-state index contributed by atoms with van der Waals surface area (Å²) >= 11 is 0. The second kappa shape index (κ2) is 9.77. The zero-order valence-corrected chi connectivity index (χ0v) is 21.8. The molecule has 2 aromatic carbocycles. The predicted octanol–water partition coefficient (Wildman–Crippen LogP) is 5.46. The van der Waals surface area contributed by atoms with Gasteiger partial charge in [0.05, 0.1) is 7.11 Å². The minimum Gasteiger partial charge on any atom is -0.496 e. The summed E-state index contributed by atoms with van der Waals surface area (Å²) in [6.45, 7) is 3.95. The Kier molecular flexibility index (Phi) is 6.31. The number of piperidine rings is 1. The van der Waals surface area contributed by atoms with E-state index in [-0.39, 0.29) is 11.7 Å². The maximum atomic E-state index is 12.7. The first-order valence-electron chi connectivity index (χ1n) is 13.2. The number of H-pyrrole nitrogens is 1. The summed E-state index contributed by atoms with van der Waals surface area (Å²) in [6.07, 6.45) is 6.25. The van der Waals surface area contributed by atoms with E-state index in [1.165, 1.54) is 5.56 Å². The predicted molar refractivity (Wildman–Crippen MR) is 148 cm³/mol. The third-order valence-corrected chi connectivity index (χ3v) is 8.17. The van der Waals surface area contributed by atoms with Gasteiger partial charge in [-0.1, -0.05) is 36.4 Å². The van der Waals surface area contributed by atoms with Crippen molar-refractivity contribution in [3.63, 3.8) is 0 Å². The first kappa shape index (κ1) is 23.9. The number of carbonyl (C=O) groups is 1. The van der Waals surface area contributed by atoms with Gasteiger partial charge in [0.15, 0.2) is 5.78 Å². The van der Waals surface area contributed by atoms with Gasteiger partial charge in [-0.25, -0.2) is 4.98 Å². The normalized spacial score (nSPS) is 17.7. The molecule has 0 saturated carbocycles. The molecule has 0 bridgehead atoms. The minimum absolute atomic E-state index is 0.124. The molecule has 0 unspecified atom stereocenters. The number of rotatable bonds is 6. The molecule has 2 aromatic heterocycles. The van der Waals surface area contributed by atoms with Gasteiger partial charge >= 0.3 is 0 Å². The van der Waals surface area contributed by atoms with Crippen molar-refractivity contribution in [2.45, 2.75) is 18.8 Å². The molecule has 2 aliphatic rings. The summed E-state index contributed by atoms with van der Waals surface area (Å²) in [6, 6.07) is 16.8. The van der Waals surface area contributed by atoms with Crippen molar-refractivity contribution in [3.05, 3.63) is 72.1 Å². The SMILES string of the molecule is COc1cc(-c2cnc3[nH]cc(-c4ccc(C(=O)C5CN(C)C5)cc4)c3c2)ccc1C1CCN(C)CC1. The number of benzene rings is 2. The topological polar surface area (TPSA) is 61.5 Å². The van der Waals surface area contributed by atoms with E-state index in [9.17, 15) is 4.79 Å². The molecule has 6 rings (SSSR count). The fourth-order valence-electron chi connectivity index (χ4n) is 5.86. The first-order valence-corrected chi connectivity index (χ1v) is 13.2. The molecule has 2 fully saturated rings. The highest BCUT2D eigenvalue weighted by molar-refractivity contribution is 6.00. The highest BCUT2D eigenvalue weighted by Gasteiger charge is 2.30. The fourth-order valence-corrected chi connectivity index (χ4v) is 5.86. The summed E-state index contributed by atoms with van der Waals surface area (Å²) < 4.78 is 5.85. The van der Waals surface area contributed by atoms with Crippen LogP contribution in [0, 0.1) is 5.92 Å². The Morgan fingerprint density at radius 2 is 1.68 bits per heavy atom. The average Bonchev–Trinajstić information content (AvgIpc) is 3.34. The number of aromatic amines is 1. The number of likely N-dealkylation sites (tertiary alicyclic amines) is 2. The standard InChI is InChI=1S/C31H34N4O2/c1-34-12-10-21(11-13-34)26-9-8-23(15-29(26)37-3)24-14-27-28(17-33-31(27)32-16-24)20-4-6-22(7-5-20)30(36)25-18-35(2)19-25/h4-9,14-17,21,25H,10-13,18-19H2,1-3H3,(H,32,33). The Balaban J connectivity index is 1.28. The summed E-state index contributed by atoms with van der Waals surface area (Å²) in [5.41, 5.74) is 7.26. The lowest BCUT2D eigenvalue weighted by Crippen LogP contribution is -2.47. The van der Waals surface area contributed by atoms with Crippen molar-refractivity contribution >= 4 is 16.8 Å². The Bertz CT molecular complexity index is 1430. The number of fused-ring (bicyclic) bond motifs is 1. The first-order chi connectivity index (χ1) is 18.0. The Labute approximate surface area is 218 Å². The molecule has 0 spiro atoms. The number of ether oxygens (including phenoxy) is 1. The van der Waals surface area contributed by atoms with Crippen molar-refractivity contribution < 1.29 is 9.53 Å². The van der Waals surface area contributed by atoms with E-state index in [0.29, 0.717) is 5.92 Å². The largest absolute Gasteiger partial charge is 0.496 e. The molecule has 4 aromatic rings. The quantitative estimate of drug-likeness (QED) is 0.361. The van der Waals surface area contributed by atoms with Crippen LogP contribution in [0.5, 0.6) is 5.75 Å². The fraction of sp³-hybridized carbons (Fsp3) is 0.355. The number of nitrogens with zero attached hydrogens (tertiary/aromatic N) is 3. The number of carbonyl (C=O) groups excluding carboxylic acids is 1. The number of aromatic nitrogens is 2. The van der Waals surface area contributed by atoms with Crippen LogP contribution < -0.4 is 4.74 Å². The van der Waals surface area contributed by atoms with Gasteiger partial charge in [-0.2, -0.15) is 0 Å². The smallest absolute Gasteiger partial charge is 0.168 e. The highest BCUT2D eigenvalue weighted by Crippen LogP contribution is 2.38. The van der Waals surface area contributed by atoms with Gasteiger partial charge in [0.25, 0.3) is 0 Å². The average molecular weight is 495 g/mol. The third-order valence-electron chi connectivity index (χ3n) is 8.17. The summed E-state index contributed by atoms with van der Waals surface area (Å²) in [5, 5.41) is 1.07. The second-order valence-electron chi connectivity index (χ2n) is 10.7. The van der Waals surface area contributed by atoms with Gasteiger partial charge in [0, 0.05) is 53.5 Å². The number of methoxy groups -OCH3 is 1. The summed E-state index contributed by atoms with van der Waals surface area (Å²) in [7, 11) is 6.00. The number of ketones is 1. The summed E-state index contributed by atoms with van der Waals surface area (Å²) in [4.78, 5) is 25.3. The Hall–Kier alpha value is -3.48. The second-order valence-corrected chi connectivity index (χ2v) is 10.7.